The Bertz CT molecular complexity index is 666. The fraction of sp³-hybridized carbons (Fsp3) is 0.235. The molecule has 0 radical (unpaired) electrons. The first-order valence-corrected chi connectivity index (χ1v) is 7.19. The number of anilines is 1. The van der Waals surface area contributed by atoms with Gasteiger partial charge in [-0.3, -0.25) is 0 Å². The van der Waals surface area contributed by atoms with Crippen LogP contribution in [0.15, 0.2) is 47.6 Å². The van der Waals surface area contributed by atoms with Crippen LogP contribution >= 0.6 is 12.8 Å². The van der Waals surface area contributed by atoms with Gasteiger partial charge in [0.15, 0.2) is 5.75 Å². The maximum atomic E-state index is 5.52. The maximum Gasteiger partial charge on any atom is 0.158 e. The van der Waals surface area contributed by atoms with Crippen LogP contribution in [0.1, 0.15) is 23.6 Å². The predicted octanol–water partition coefficient (Wildman–Crippen LogP) is 4.39. The van der Waals surface area contributed by atoms with Crippen LogP contribution in [0.25, 0.3) is 0 Å². The first kappa shape index (κ1) is 15.4. The number of hydrogen-bond acceptors (Lipinski definition) is 4. The van der Waals surface area contributed by atoms with Crippen molar-refractivity contribution < 1.29 is 4.84 Å². The first-order chi connectivity index (χ1) is 9.97. The molecule has 21 heavy (non-hydrogen) atoms. The molecule has 0 spiro atoms. The summed E-state index contributed by atoms with van der Waals surface area (Å²) in [5.41, 5.74) is 5.15. The first-order valence-electron chi connectivity index (χ1n) is 6.79. The molecule has 0 aliphatic rings. The van der Waals surface area contributed by atoms with Gasteiger partial charge in [0, 0.05) is 12.6 Å². The molecule has 0 aromatic heterocycles. The highest BCUT2D eigenvalue weighted by Crippen LogP contribution is 2.23. The van der Waals surface area contributed by atoms with Crippen LogP contribution in [0.4, 0.5) is 5.69 Å². The maximum absolute atomic E-state index is 5.52. The fourth-order valence-corrected chi connectivity index (χ4v) is 2.24. The van der Waals surface area contributed by atoms with E-state index >= 15 is 0 Å². The van der Waals surface area contributed by atoms with Crippen molar-refractivity contribution >= 4 is 24.2 Å². The van der Waals surface area contributed by atoms with Crippen molar-refractivity contribution in [2.24, 2.45) is 5.16 Å². The van der Waals surface area contributed by atoms with Crippen molar-refractivity contribution in [2.75, 3.05) is 11.4 Å². The van der Waals surface area contributed by atoms with Gasteiger partial charge in [0.2, 0.25) is 0 Å². The molecule has 0 saturated carbocycles. The fourth-order valence-electron chi connectivity index (χ4n) is 2.06. The zero-order valence-electron chi connectivity index (χ0n) is 12.8. The number of nitrogens with zero attached hydrogens (tertiary/aromatic N) is 2. The third-order valence-corrected chi connectivity index (χ3v) is 3.38. The molecule has 4 heteroatoms. The summed E-state index contributed by atoms with van der Waals surface area (Å²) in [5, 5.41) is 4.25. The van der Waals surface area contributed by atoms with Crippen LogP contribution in [-0.2, 0) is 0 Å². The molecule has 0 heterocycles. The van der Waals surface area contributed by atoms with Crippen LogP contribution < -0.4 is 9.14 Å². The van der Waals surface area contributed by atoms with Gasteiger partial charge in [-0.25, -0.2) is 0 Å². The van der Waals surface area contributed by atoms with Gasteiger partial charge in [-0.15, -0.1) is 0 Å². The highest BCUT2D eigenvalue weighted by atomic mass is 32.1. The third kappa shape index (κ3) is 4.02. The summed E-state index contributed by atoms with van der Waals surface area (Å²) in [6, 6.07) is 14.0. The van der Waals surface area contributed by atoms with Gasteiger partial charge in [0.1, 0.15) is 0 Å². The summed E-state index contributed by atoms with van der Waals surface area (Å²) in [7, 11) is 1.89. The molecule has 2 aromatic rings. The SMILES string of the molecule is C/C(=N\Oc1cccc(C)c1)c1cc(C)ccc1N(C)S. The second-order valence-corrected chi connectivity index (χ2v) is 5.73. The minimum Gasteiger partial charge on any atom is -0.357 e. The van der Waals surface area contributed by atoms with Gasteiger partial charge >= 0.3 is 0 Å². The van der Waals surface area contributed by atoms with E-state index in [0.29, 0.717) is 0 Å². The van der Waals surface area contributed by atoms with E-state index in [2.05, 4.69) is 37.0 Å². The topological polar surface area (TPSA) is 24.8 Å². The lowest BCUT2D eigenvalue weighted by atomic mass is 10.1. The summed E-state index contributed by atoms with van der Waals surface area (Å²) in [6.07, 6.45) is 0. The third-order valence-electron chi connectivity index (χ3n) is 3.17. The monoisotopic (exact) mass is 300 g/mol. The Morgan fingerprint density at radius 3 is 2.48 bits per heavy atom. The highest BCUT2D eigenvalue weighted by molar-refractivity contribution is 7.81. The summed E-state index contributed by atoms with van der Waals surface area (Å²) >= 11 is 4.38. The Balaban J connectivity index is 2.29. The molecule has 0 atom stereocenters. The lowest BCUT2D eigenvalue weighted by molar-refractivity contribution is 0.341. The van der Waals surface area contributed by atoms with E-state index in [1.54, 1.807) is 4.31 Å². The number of benzene rings is 2. The molecule has 2 rings (SSSR count). The van der Waals surface area contributed by atoms with Crippen LogP contribution in [0.5, 0.6) is 5.75 Å². The standard InChI is InChI=1S/C17H20N2OS/c1-12-6-5-7-15(10-12)20-18-14(3)16-11-13(2)8-9-17(16)19(4)21/h5-11,21H,1-4H3/b18-14+. The van der Waals surface area contributed by atoms with Crippen molar-refractivity contribution in [2.45, 2.75) is 20.8 Å². The van der Waals surface area contributed by atoms with Gasteiger partial charge in [-0.2, -0.15) is 0 Å². The Morgan fingerprint density at radius 1 is 1.10 bits per heavy atom. The molecule has 0 aliphatic carbocycles. The molecular formula is C17H20N2OS. The molecule has 0 unspecified atom stereocenters. The molecule has 3 nitrogen and oxygen atoms in total. The van der Waals surface area contributed by atoms with Crippen molar-refractivity contribution in [3.05, 3.63) is 59.2 Å². The highest BCUT2D eigenvalue weighted by Gasteiger charge is 2.09. The normalized spacial score (nSPS) is 11.4. The van der Waals surface area contributed by atoms with Crippen LogP contribution in [-0.4, -0.2) is 12.8 Å². The average Bonchev–Trinajstić information content (AvgIpc) is 2.44. The average molecular weight is 300 g/mol. The second kappa shape index (κ2) is 6.68. The van der Waals surface area contributed by atoms with Crippen LogP contribution in [0.2, 0.25) is 0 Å². The molecule has 2 aromatic carbocycles. The number of hydrogen-bond donors (Lipinski definition) is 1. The molecular weight excluding hydrogens is 280 g/mol. The lowest BCUT2D eigenvalue weighted by Gasteiger charge is -2.16. The predicted molar refractivity (Wildman–Crippen MR) is 92.6 cm³/mol. The van der Waals surface area contributed by atoms with Crippen molar-refractivity contribution in [3.63, 3.8) is 0 Å². The molecule has 110 valence electrons. The Labute approximate surface area is 131 Å². The zero-order chi connectivity index (χ0) is 15.4. The second-order valence-electron chi connectivity index (χ2n) is 5.13. The summed E-state index contributed by atoms with van der Waals surface area (Å²) in [4.78, 5) is 5.52. The molecule has 0 fully saturated rings. The summed E-state index contributed by atoms with van der Waals surface area (Å²) < 4.78 is 1.78. The number of rotatable bonds is 4. The Hall–Kier alpha value is -1.94. The van der Waals surface area contributed by atoms with Crippen LogP contribution in [0.3, 0.4) is 0 Å². The zero-order valence-corrected chi connectivity index (χ0v) is 13.7. The van der Waals surface area contributed by atoms with E-state index in [4.69, 9.17) is 4.84 Å². The largest absolute Gasteiger partial charge is 0.357 e. The number of aryl methyl sites for hydroxylation is 2. The van der Waals surface area contributed by atoms with Gasteiger partial charge in [0.05, 0.1) is 11.4 Å². The van der Waals surface area contributed by atoms with Crippen molar-refractivity contribution in [1.82, 2.24) is 0 Å². The number of thiol groups is 1. The molecule has 0 bridgehead atoms. The summed E-state index contributed by atoms with van der Waals surface area (Å²) in [6.45, 7) is 6.02. The van der Waals surface area contributed by atoms with E-state index in [0.717, 1.165) is 28.3 Å². The number of oxime groups is 1. The van der Waals surface area contributed by atoms with E-state index in [1.807, 2.05) is 51.2 Å². The smallest absolute Gasteiger partial charge is 0.158 e. The molecule has 0 N–H and O–H groups in total. The van der Waals surface area contributed by atoms with Gasteiger partial charge < -0.3 is 9.14 Å². The Morgan fingerprint density at radius 2 is 1.81 bits per heavy atom. The van der Waals surface area contributed by atoms with Gasteiger partial charge in [-0.1, -0.05) is 41.7 Å². The Kier molecular flexibility index (Phi) is 4.91. The summed E-state index contributed by atoms with van der Waals surface area (Å²) in [5.74, 6) is 0.739. The van der Waals surface area contributed by atoms with Crippen LogP contribution in [0, 0.1) is 13.8 Å². The van der Waals surface area contributed by atoms with E-state index in [-0.39, 0.29) is 0 Å². The van der Waals surface area contributed by atoms with E-state index < -0.39 is 0 Å². The van der Waals surface area contributed by atoms with Gasteiger partial charge in [0.25, 0.3) is 0 Å². The van der Waals surface area contributed by atoms with E-state index in [1.165, 1.54) is 5.56 Å². The lowest BCUT2D eigenvalue weighted by Crippen LogP contribution is -2.09. The van der Waals surface area contributed by atoms with E-state index in [9.17, 15) is 0 Å². The van der Waals surface area contributed by atoms with Crippen molar-refractivity contribution in [3.8, 4) is 5.75 Å². The molecule has 0 amide bonds. The van der Waals surface area contributed by atoms with Crippen molar-refractivity contribution in [1.29, 1.82) is 0 Å². The minimum atomic E-state index is 0.739. The quantitative estimate of drug-likeness (QED) is 0.514. The molecule has 0 aliphatic heterocycles. The minimum absolute atomic E-state index is 0.739. The van der Waals surface area contributed by atoms with Gasteiger partial charge in [-0.05, 0) is 50.6 Å². The molecule has 0 saturated heterocycles.